The van der Waals surface area contributed by atoms with Gasteiger partial charge in [0.25, 0.3) is 5.56 Å². The standard InChI is InChI=1S/C23H24FN5O2S/c1-14-19-20(30)29(18-6-4-17(24)5-7-18)23(31)27(3)22(19)32-21(14)28-10-8-15(9-11-28)16-12-25-26(2)13-16/h4-7,12-13,15H,8-11H2,1-3H3. The van der Waals surface area contributed by atoms with Gasteiger partial charge in [-0.2, -0.15) is 5.10 Å². The summed E-state index contributed by atoms with van der Waals surface area (Å²) in [6, 6.07) is 5.42. The molecule has 1 aromatic carbocycles. The van der Waals surface area contributed by atoms with Crippen LogP contribution in [0.2, 0.25) is 0 Å². The normalized spacial score (nSPS) is 15.1. The SMILES string of the molecule is Cc1c(N2CCC(c3cnn(C)c3)CC2)sc2c1c(=O)n(-c1ccc(F)cc1)c(=O)n2C. The Bertz CT molecular complexity index is 1420. The lowest BCUT2D eigenvalue weighted by atomic mass is 9.91. The van der Waals surface area contributed by atoms with Crippen molar-refractivity contribution in [3.05, 3.63) is 74.4 Å². The molecule has 9 heteroatoms. The molecule has 0 saturated carbocycles. The lowest BCUT2D eigenvalue weighted by Gasteiger charge is -2.32. The molecule has 7 nitrogen and oxygen atoms in total. The van der Waals surface area contributed by atoms with Gasteiger partial charge in [0.2, 0.25) is 0 Å². The highest BCUT2D eigenvalue weighted by atomic mass is 32.1. The Morgan fingerprint density at radius 1 is 1.09 bits per heavy atom. The summed E-state index contributed by atoms with van der Waals surface area (Å²) >= 11 is 1.49. The average molecular weight is 454 g/mol. The van der Waals surface area contributed by atoms with Crippen molar-refractivity contribution in [3.8, 4) is 5.69 Å². The fourth-order valence-electron chi connectivity index (χ4n) is 4.60. The van der Waals surface area contributed by atoms with Gasteiger partial charge in [0.05, 0.1) is 22.3 Å². The Balaban J connectivity index is 1.54. The van der Waals surface area contributed by atoms with E-state index in [9.17, 15) is 14.0 Å². The lowest BCUT2D eigenvalue weighted by Crippen LogP contribution is -2.37. The maximum atomic E-state index is 13.4. The molecule has 1 aliphatic heterocycles. The molecule has 0 bridgehead atoms. The Morgan fingerprint density at radius 3 is 2.41 bits per heavy atom. The van der Waals surface area contributed by atoms with E-state index in [4.69, 9.17) is 0 Å². The molecule has 0 atom stereocenters. The number of benzene rings is 1. The third kappa shape index (κ3) is 3.28. The van der Waals surface area contributed by atoms with Crippen LogP contribution in [0.3, 0.4) is 0 Å². The summed E-state index contributed by atoms with van der Waals surface area (Å²) in [5.74, 6) is 0.0677. The van der Waals surface area contributed by atoms with Crippen LogP contribution in [-0.2, 0) is 14.1 Å². The molecule has 0 unspecified atom stereocenters. The van der Waals surface area contributed by atoms with Crippen molar-refractivity contribution in [2.45, 2.75) is 25.7 Å². The molecule has 0 N–H and O–H groups in total. The number of rotatable bonds is 3. The van der Waals surface area contributed by atoms with Crippen molar-refractivity contribution < 1.29 is 4.39 Å². The van der Waals surface area contributed by atoms with Crippen LogP contribution >= 0.6 is 11.3 Å². The van der Waals surface area contributed by atoms with Crippen molar-refractivity contribution in [2.75, 3.05) is 18.0 Å². The molecule has 4 aromatic rings. The summed E-state index contributed by atoms with van der Waals surface area (Å²) in [4.78, 5) is 29.4. The molecule has 0 radical (unpaired) electrons. The fourth-order valence-corrected chi connectivity index (χ4v) is 5.90. The number of anilines is 1. The molecular weight excluding hydrogens is 429 g/mol. The molecule has 1 fully saturated rings. The van der Waals surface area contributed by atoms with E-state index in [1.165, 1.54) is 45.7 Å². The Hall–Kier alpha value is -3.20. The summed E-state index contributed by atoms with van der Waals surface area (Å²) in [7, 11) is 3.61. The first-order valence-electron chi connectivity index (χ1n) is 10.6. The maximum Gasteiger partial charge on any atom is 0.336 e. The van der Waals surface area contributed by atoms with Crippen LogP contribution in [0.25, 0.3) is 15.9 Å². The van der Waals surface area contributed by atoms with E-state index in [0.717, 1.165) is 41.1 Å². The first-order chi connectivity index (χ1) is 15.3. The summed E-state index contributed by atoms with van der Waals surface area (Å²) in [6.07, 6.45) is 6.05. The largest absolute Gasteiger partial charge is 0.363 e. The van der Waals surface area contributed by atoms with Crippen LogP contribution in [0.1, 0.15) is 29.9 Å². The van der Waals surface area contributed by atoms with Crippen molar-refractivity contribution in [1.82, 2.24) is 18.9 Å². The zero-order valence-electron chi connectivity index (χ0n) is 18.2. The summed E-state index contributed by atoms with van der Waals surface area (Å²) in [6.45, 7) is 3.71. The number of hydrogen-bond acceptors (Lipinski definition) is 5. The van der Waals surface area contributed by atoms with Gasteiger partial charge in [0.15, 0.2) is 0 Å². The first-order valence-corrected chi connectivity index (χ1v) is 11.4. The van der Waals surface area contributed by atoms with Crippen LogP contribution in [0.4, 0.5) is 9.39 Å². The number of fused-ring (bicyclic) bond motifs is 1. The Morgan fingerprint density at radius 2 is 1.78 bits per heavy atom. The second-order valence-electron chi connectivity index (χ2n) is 8.38. The molecule has 0 amide bonds. The van der Waals surface area contributed by atoms with Gasteiger partial charge in [0.1, 0.15) is 10.6 Å². The number of hydrogen-bond donors (Lipinski definition) is 0. The smallest absolute Gasteiger partial charge is 0.336 e. The van der Waals surface area contributed by atoms with Crippen LogP contribution < -0.4 is 16.1 Å². The summed E-state index contributed by atoms with van der Waals surface area (Å²) in [5.41, 5.74) is 1.73. The van der Waals surface area contributed by atoms with E-state index in [2.05, 4.69) is 16.2 Å². The molecule has 166 valence electrons. The van der Waals surface area contributed by atoms with Gasteiger partial charge in [-0.3, -0.25) is 14.0 Å². The lowest BCUT2D eigenvalue weighted by molar-refractivity contribution is 0.506. The van der Waals surface area contributed by atoms with Crippen molar-refractivity contribution in [2.24, 2.45) is 14.1 Å². The topological polar surface area (TPSA) is 65.1 Å². The van der Waals surface area contributed by atoms with E-state index in [-0.39, 0.29) is 5.56 Å². The number of halogens is 1. The Kier molecular flexibility index (Phi) is 5.00. The highest BCUT2D eigenvalue weighted by molar-refractivity contribution is 7.22. The quantitative estimate of drug-likeness (QED) is 0.477. The minimum absolute atomic E-state index is 0.361. The number of aromatic nitrogens is 4. The third-order valence-electron chi connectivity index (χ3n) is 6.37. The van der Waals surface area contributed by atoms with E-state index >= 15 is 0 Å². The second-order valence-corrected chi connectivity index (χ2v) is 9.36. The average Bonchev–Trinajstić information content (AvgIpc) is 3.37. The van der Waals surface area contributed by atoms with E-state index in [0.29, 0.717) is 21.8 Å². The van der Waals surface area contributed by atoms with Crippen LogP contribution in [-0.4, -0.2) is 32.0 Å². The molecule has 5 rings (SSSR count). The molecule has 3 aromatic heterocycles. The highest BCUT2D eigenvalue weighted by Crippen LogP contribution is 2.38. The van der Waals surface area contributed by atoms with E-state index in [1.54, 1.807) is 7.05 Å². The molecular formula is C23H24FN5O2S. The van der Waals surface area contributed by atoms with Gasteiger partial charge in [-0.25, -0.2) is 13.8 Å². The third-order valence-corrected chi connectivity index (χ3v) is 7.80. The molecule has 32 heavy (non-hydrogen) atoms. The second kappa shape index (κ2) is 7.74. The van der Waals surface area contributed by atoms with Gasteiger partial charge in [0, 0.05) is 33.4 Å². The molecule has 1 saturated heterocycles. The molecule has 0 aliphatic carbocycles. The van der Waals surface area contributed by atoms with E-state index in [1.807, 2.05) is 24.9 Å². The van der Waals surface area contributed by atoms with Gasteiger partial charge in [-0.1, -0.05) is 11.3 Å². The van der Waals surface area contributed by atoms with Crippen molar-refractivity contribution >= 4 is 26.6 Å². The number of aryl methyl sites for hydroxylation is 3. The molecule has 4 heterocycles. The minimum atomic E-state index is -0.433. The van der Waals surface area contributed by atoms with Gasteiger partial charge in [-0.15, -0.1) is 0 Å². The highest BCUT2D eigenvalue weighted by Gasteiger charge is 2.26. The zero-order valence-corrected chi connectivity index (χ0v) is 19.0. The van der Waals surface area contributed by atoms with Crippen molar-refractivity contribution in [3.63, 3.8) is 0 Å². The van der Waals surface area contributed by atoms with Crippen molar-refractivity contribution in [1.29, 1.82) is 0 Å². The Labute approximate surface area is 187 Å². The summed E-state index contributed by atoms with van der Waals surface area (Å²) < 4.78 is 17.8. The van der Waals surface area contributed by atoms with Crippen LogP contribution in [0.15, 0.2) is 46.2 Å². The van der Waals surface area contributed by atoms with Crippen LogP contribution in [0, 0.1) is 12.7 Å². The van der Waals surface area contributed by atoms with Gasteiger partial charge in [-0.05, 0) is 61.1 Å². The van der Waals surface area contributed by atoms with Crippen LogP contribution in [0.5, 0.6) is 0 Å². The zero-order chi connectivity index (χ0) is 22.6. The minimum Gasteiger partial charge on any atom is -0.363 e. The predicted molar refractivity (Wildman–Crippen MR) is 125 cm³/mol. The fraction of sp³-hybridized carbons (Fsp3) is 0.348. The number of nitrogens with zero attached hydrogens (tertiary/aromatic N) is 5. The number of piperidine rings is 1. The maximum absolute atomic E-state index is 13.4. The van der Waals surface area contributed by atoms with Gasteiger partial charge < -0.3 is 4.90 Å². The van der Waals surface area contributed by atoms with E-state index < -0.39 is 11.5 Å². The molecule has 0 spiro atoms. The predicted octanol–water partition coefficient (Wildman–Crippen LogP) is 3.32. The number of thiophene rings is 1. The summed E-state index contributed by atoms with van der Waals surface area (Å²) in [5, 5.41) is 5.88. The van der Waals surface area contributed by atoms with Gasteiger partial charge >= 0.3 is 5.69 Å². The first kappa shape index (κ1) is 20.7. The monoisotopic (exact) mass is 453 g/mol. The molecule has 1 aliphatic rings.